The first kappa shape index (κ1) is 23.6. The van der Waals surface area contributed by atoms with Crippen LogP contribution in [0.5, 0.6) is 5.75 Å². The van der Waals surface area contributed by atoms with Gasteiger partial charge in [0.2, 0.25) is 10.9 Å². The number of carbonyl (C=O) groups is 2. The summed E-state index contributed by atoms with van der Waals surface area (Å²) in [6, 6.07) is 23.5. The smallest absolute Gasteiger partial charge is 0.291 e. The summed E-state index contributed by atoms with van der Waals surface area (Å²) in [6.07, 6.45) is 0. The number of carbonyl (C=O) groups excluding carboxylic acids is 2. The molecule has 0 fully saturated rings. The van der Waals surface area contributed by atoms with E-state index in [-0.39, 0.29) is 22.6 Å². The molecule has 9 nitrogen and oxygen atoms in total. The van der Waals surface area contributed by atoms with Gasteiger partial charge >= 0.3 is 0 Å². The minimum Gasteiger partial charge on any atom is -0.494 e. The van der Waals surface area contributed by atoms with Gasteiger partial charge in [-0.1, -0.05) is 47.7 Å². The van der Waals surface area contributed by atoms with Crippen LogP contribution in [0.15, 0.2) is 83.7 Å². The number of fused-ring (bicyclic) bond motifs is 2. The zero-order valence-electron chi connectivity index (χ0n) is 20.2. The summed E-state index contributed by atoms with van der Waals surface area (Å²) in [4.78, 5) is 46.1. The molecule has 0 unspecified atom stereocenters. The largest absolute Gasteiger partial charge is 0.494 e. The molecule has 1 aliphatic rings. The lowest BCUT2D eigenvalue weighted by Gasteiger charge is -2.16. The molecular weight excluding hydrogens is 502 g/mol. The highest BCUT2D eigenvalue weighted by molar-refractivity contribution is 7.15. The molecule has 5 aromatic rings. The Labute approximate surface area is 220 Å². The van der Waals surface area contributed by atoms with Crippen molar-refractivity contribution < 1.29 is 14.3 Å². The molecule has 0 radical (unpaired) electrons. The van der Waals surface area contributed by atoms with Crippen molar-refractivity contribution in [3.8, 4) is 17.1 Å². The monoisotopic (exact) mass is 523 g/mol. The topological polar surface area (TPSA) is 106 Å². The normalized spacial score (nSPS) is 14.1. The summed E-state index contributed by atoms with van der Waals surface area (Å²) >= 11 is 1.11. The van der Waals surface area contributed by atoms with Crippen molar-refractivity contribution in [2.24, 2.45) is 0 Å². The van der Waals surface area contributed by atoms with Crippen LogP contribution in [-0.4, -0.2) is 39.6 Å². The predicted octanol–water partition coefficient (Wildman–Crippen LogP) is 3.12. The first-order valence-corrected chi connectivity index (χ1v) is 12.8. The molecule has 0 bridgehead atoms. The maximum absolute atomic E-state index is 13.6. The third-order valence-electron chi connectivity index (χ3n) is 6.09. The molecule has 10 heteroatoms. The van der Waals surface area contributed by atoms with Gasteiger partial charge in [0.15, 0.2) is 5.82 Å². The van der Waals surface area contributed by atoms with Crippen molar-refractivity contribution >= 4 is 45.1 Å². The molecule has 0 saturated heterocycles. The highest BCUT2D eigenvalue weighted by Gasteiger charge is 2.35. The standard InChI is InChI=1S/C28H21N5O4S/c1-2-37-19-14-12-17(13-15-19)25-30-28-33(31-25)27(36)24(38-28)23-20-10-6-7-11-21(20)32(26(23)35)16-22(34)29-18-8-4-3-5-9-18/h3-15H,2,16H2,1H3,(H,29,34). The van der Waals surface area contributed by atoms with Crippen molar-refractivity contribution in [1.29, 1.82) is 0 Å². The van der Waals surface area contributed by atoms with Gasteiger partial charge in [-0.15, -0.1) is 5.10 Å². The van der Waals surface area contributed by atoms with Crippen LogP contribution in [0.1, 0.15) is 12.5 Å². The van der Waals surface area contributed by atoms with E-state index in [0.29, 0.717) is 34.3 Å². The Morgan fingerprint density at radius 3 is 2.45 bits per heavy atom. The Hall–Kier alpha value is -4.83. The maximum Gasteiger partial charge on any atom is 0.291 e. The second-order valence-electron chi connectivity index (χ2n) is 8.52. The summed E-state index contributed by atoms with van der Waals surface area (Å²) in [5.74, 6) is 0.388. The van der Waals surface area contributed by atoms with E-state index in [0.717, 1.165) is 22.6 Å². The third-order valence-corrected chi connectivity index (χ3v) is 7.12. The zero-order valence-corrected chi connectivity index (χ0v) is 21.1. The first-order valence-electron chi connectivity index (χ1n) is 12.0. The lowest BCUT2D eigenvalue weighted by Crippen LogP contribution is -2.37. The van der Waals surface area contributed by atoms with Crippen molar-refractivity contribution in [1.82, 2.24) is 14.6 Å². The van der Waals surface area contributed by atoms with Crippen molar-refractivity contribution in [3.63, 3.8) is 0 Å². The highest BCUT2D eigenvalue weighted by atomic mass is 32.1. The van der Waals surface area contributed by atoms with Crippen LogP contribution in [0, 0.1) is 0 Å². The van der Waals surface area contributed by atoms with Crippen LogP contribution in [0.4, 0.5) is 11.4 Å². The fourth-order valence-corrected chi connectivity index (χ4v) is 5.39. The second kappa shape index (κ2) is 9.56. The molecule has 38 heavy (non-hydrogen) atoms. The van der Waals surface area contributed by atoms with Crippen molar-refractivity contribution in [2.45, 2.75) is 6.92 Å². The fraction of sp³-hybridized carbons (Fsp3) is 0.107. The molecule has 0 aliphatic carbocycles. The molecular formula is C28H21N5O4S. The van der Waals surface area contributed by atoms with E-state index in [1.165, 1.54) is 9.42 Å². The highest BCUT2D eigenvalue weighted by Crippen LogP contribution is 2.35. The van der Waals surface area contributed by atoms with Crippen molar-refractivity contribution in [2.75, 3.05) is 23.4 Å². The zero-order chi connectivity index (χ0) is 26.2. The average molecular weight is 524 g/mol. The first-order chi connectivity index (χ1) is 18.5. The molecule has 0 atom stereocenters. The van der Waals surface area contributed by atoms with Gasteiger partial charge < -0.3 is 10.1 Å². The number of ether oxygens (including phenoxy) is 1. The van der Waals surface area contributed by atoms with Gasteiger partial charge in [-0.2, -0.15) is 9.50 Å². The number of anilines is 2. The molecule has 3 heterocycles. The van der Waals surface area contributed by atoms with Crippen LogP contribution in [-0.2, 0) is 9.59 Å². The third kappa shape index (κ3) is 4.10. The van der Waals surface area contributed by atoms with Gasteiger partial charge in [-0.25, -0.2) is 0 Å². The quantitative estimate of drug-likeness (QED) is 0.367. The van der Waals surface area contributed by atoms with Gasteiger partial charge in [0.25, 0.3) is 11.5 Å². The van der Waals surface area contributed by atoms with Gasteiger partial charge in [-0.3, -0.25) is 19.3 Å². The molecule has 2 aromatic heterocycles. The number of thiazole rings is 1. The van der Waals surface area contributed by atoms with E-state index in [9.17, 15) is 14.4 Å². The van der Waals surface area contributed by atoms with Crippen LogP contribution in [0.2, 0.25) is 0 Å². The second-order valence-corrected chi connectivity index (χ2v) is 9.50. The molecule has 0 saturated carbocycles. The van der Waals surface area contributed by atoms with E-state index in [1.807, 2.05) is 49.4 Å². The summed E-state index contributed by atoms with van der Waals surface area (Å²) in [7, 11) is 0. The molecule has 188 valence electrons. The van der Waals surface area contributed by atoms with E-state index in [1.54, 1.807) is 36.4 Å². The van der Waals surface area contributed by atoms with Crippen LogP contribution in [0.25, 0.3) is 21.9 Å². The molecule has 2 amide bonds. The molecule has 1 N–H and O–H groups in total. The van der Waals surface area contributed by atoms with Crippen LogP contribution < -0.4 is 25.0 Å². The summed E-state index contributed by atoms with van der Waals surface area (Å²) in [5, 5.41) is 7.21. The lowest BCUT2D eigenvalue weighted by atomic mass is 10.1. The minimum absolute atomic E-state index is 0.189. The Morgan fingerprint density at radius 2 is 1.71 bits per heavy atom. The van der Waals surface area contributed by atoms with Crippen LogP contribution >= 0.6 is 11.3 Å². The maximum atomic E-state index is 13.6. The number of hydrogen-bond donors (Lipinski definition) is 1. The summed E-state index contributed by atoms with van der Waals surface area (Å²) in [5.41, 5.74) is 2.37. The van der Waals surface area contributed by atoms with E-state index in [4.69, 9.17) is 4.74 Å². The van der Waals surface area contributed by atoms with E-state index in [2.05, 4.69) is 15.4 Å². The summed E-state index contributed by atoms with van der Waals surface area (Å²) < 4.78 is 6.94. The number of amides is 2. The van der Waals surface area contributed by atoms with Crippen molar-refractivity contribution in [3.05, 3.63) is 99.3 Å². The number of para-hydroxylation sites is 2. The summed E-state index contributed by atoms with van der Waals surface area (Å²) in [6.45, 7) is 2.29. The number of benzene rings is 3. The predicted molar refractivity (Wildman–Crippen MR) is 145 cm³/mol. The van der Waals surface area contributed by atoms with E-state index < -0.39 is 11.5 Å². The molecule has 6 rings (SSSR count). The van der Waals surface area contributed by atoms with Gasteiger partial charge in [-0.05, 0) is 49.4 Å². The molecule has 0 spiro atoms. The number of nitrogens with zero attached hydrogens (tertiary/aromatic N) is 4. The van der Waals surface area contributed by atoms with Gasteiger partial charge in [0.05, 0.1) is 17.9 Å². The number of hydrogen-bond acceptors (Lipinski definition) is 7. The fourth-order valence-electron chi connectivity index (χ4n) is 4.40. The lowest BCUT2D eigenvalue weighted by molar-refractivity contribution is -0.118. The van der Waals surface area contributed by atoms with Crippen LogP contribution in [0.3, 0.4) is 0 Å². The average Bonchev–Trinajstić information content (AvgIpc) is 3.56. The Bertz CT molecular complexity index is 1790. The van der Waals surface area contributed by atoms with Gasteiger partial charge in [0, 0.05) is 16.8 Å². The van der Waals surface area contributed by atoms with Gasteiger partial charge in [0.1, 0.15) is 16.8 Å². The SMILES string of the molecule is CCOc1ccc(-c2nc3sc(=C4C(=O)N(CC(=O)Nc5ccccc5)c5ccccc54)c(=O)n3n2)cc1. The number of aromatic nitrogens is 3. The molecule has 1 aliphatic heterocycles. The Balaban J connectivity index is 1.36. The number of nitrogens with one attached hydrogen (secondary N) is 1. The minimum atomic E-state index is -0.427. The molecule has 3 aromatic carbocycles. The Kier molecular flexibility index (Phi) is 5.93. The van der Waals surface area contributed by atoms with E-state index >= 15 is 0 Å². The Morgan fingerprint density at radius 1 is 0.974 bits per heavy atom. The number of rotatable bonds is 6.